The summed E-state index contributed by atoms with van der Waals surface area (Å²) in [6.45, 7) is 4.34. The summed E-state index contributed by atoms with van der Waals surface area (Å²) in [5.74, 6) is -0.226. The highest BCUT2D eigenvalue weighted by Gasteiger charge is 2.10. The number of nitrogens with zero attached hydrogens (tertiary/aromatic N) is 1. The smallest absolute Gasteiger partial charge is 0.311 e. The number of nitrogens with one attached hydrogen (secondary N) is 1. The molecule has 0 saturated heterocycles. The number of hydrogen-bond acceptors (Lipinski definition) is 6. The molecule has 0 aliphatic carbocycles. The van der Waals surface area contributed by atoms with Gasteiger partial charge in [-0.15, -0.1) is 22.7 Å². The van der Waals surface area contributed by atoms with Crippen molar-refractivity contribution in [3.8, 4) is 0 Å². The molecule has 20 heavy (non-hydrogen) atoms. The van der Waals surface area contributed by atoms with Gasteiger partial charge in [-0.25, -0.2) is 4.98 Å². The summed E-state index contributed by atoms with van der Waals surface area (Å²) in [5, 5.41) is 8.21. The number of anilines is 1. The number of aromatic nitrogens is 1. The summed E-state index contributed by atoms with van der Waals surface area (Å²) < 4.78 is 4.91. The van der Waals surface area contributed by atoms with E-state index in [0.29, 0.717) is 12.6 Å². The molecule has 0 aliphatic rings. The van der Waals surface area contributed by atoms with Gasteiger partial charge in [-0.3, -0.25) is 4.79 Å². The van der Waals surface area contributed by atoms with Crippen LogP contribution in [0.5, 0.6) is 0 Å². The third-order valence-corrected chi connectivity index (χ3v) is 4.36. The van der Waals surface area contributed by atoms with Gasteiger partial charge in [0, 0.05) is 22.7 Å². The first-order valence-corrected chi connectivity index (χ1v) is 8.32. The van der Waals surface area contributed by atoms with Crippen molar-refractivity contribution in [2.75, 3.05) is 11.9 Å². The maximum absolute atomic E-state index is 11.4. The lowest BCUT2D eigenvalue weighted by Crippen LogP contribution is -2.17. The minimum atomic E-state index is -0.226. The Labute approximate surface area is 126 Å². The van der Waals surface area contributed by atoms with Gasteiger partial charge in [0.25, 0.3) is 0 Å². The number of esters is 1. The fraction of sp³-hybridized carbons (Fsp3) is 0.429. The Hall–Kier alpha value is -1.40. The summed E-state index contributed by atoms with van der Waals surface area (Å²) in [6.07, 6.45) is 1.22. The number of carbonyl (C=O) groups excluding carboxylic acids is 1. The second kappa shape index (κ2) is 7.40. The van der Waals surface area contributed by atoms with Crippen LogP contribution in [0.4, 0.5) is 5.13 Å². The first-order chi connectivity index (χ1) is 9.67. The maximum atomic E-state index is 11.4. The number of ether oxygens (including phenoxy) is 1. The summed E-state index contributed by atoms with van der Waals surface area (Å²) >= 11 is 3.29. The van der Waals surface area contributed by atoms with E-state index in [1.165, 1.54) is 16.2 Å². The van der Waals surface area contributed by atoms with Crippen LogP contribution in [0, 0.1) is 0 Å². The van der Waals surface area contributed by atoms with Crippen LogP contribution < -0.4 is 5.32 Å². The van der Waals surface area contributed by atoms with Crippen LogP contribution in [0.1, 0.15) is 24.4 Å². The molecule has 0 bridgehead atoms. The van der Waals surface area contributed by atoms with E-state index in [9.17, 15) is 4.79 Å². The highest BCUT2D eigenvalue weighted by molar-refractivity contribution is 7.13. The molecule has 1 atom stereocenters. The van der Waals surface area contributed by atoms with Gasteiger partial charge in [0.05, 0.1) is 18.7 Å². The van der Waals surface area contributed by atoms with Crippen LogP contribution in [-0.4, -0.2) is 23.6 Å². The van der Waals surface area contributed by atoms with Crippen molar-refractivity contribution in [2.45, 2.75) is 32.7 Å². The molecule has 1 N–H and O–H groups in total. The maximum Gasteiger partial charge on any atom is 0.311 e. The van der Waals surface area contributed by atoms with Crippen molar-refractivity contribution in [3.05, 3.63) is 33.5 Å². The molecule has 2 aromatic rings. The molecule has 0 aromatic carbocycles. The van der Waals surface area contributed by atoms with Gasteiger partial charge >= 0.3 is 5.97 Å². The number of carbonyl (C=O) groups is 1. The van der Waals surface area contributed by atoms with Crippen molar-refractivity contribution in [1.82, 2.24) is 4.98 Å². The Morgan fingerprint density at radius 3 is 3.05 bits per heavy atom. The van der Waals surface area contributed by atoms with Crippen molar-refractivity contribution >= 4 is 33.8 Å². The Kier molecular flexibility index (Phi) is 5.55. The van der Waals surface area contributed by atoms with Gasteiger partial charge in [0.15, 0.2) is 5.13 Å². The highest BCUT2D eigenvalue weighted by Crippen LogP contribution is 2.19. The quantitative estimate of drug-likeness (QED) is 0.797. The lowest BCUT2D eigenvalue weighted by atomic mass is 10.2. The lowest BCUT2D eigenvalue weighted by molar-refractivity contribution is -0.142. The fourth-order valence-corrected chi connectivity index (χ4v) is 3.46. The van der Waals surface area contributed by atoms with E-state index in [2.05, 4.69) is 34.7 Å². The van der Waals surface area contributed by atoms with Crippen LogP contribution in [0.15, 0.2) is 22.9 Å². The molecule has 1 unspecified atom stereocenters. The van der Waals surface area contributed by atoms with Crippen LogP contribution in [-0.2, 0) is 22.4 Å². The number of rotatable bonds is 7. The molecule has 0 radical (unpaired) electrons. The second-order valence-electron chi connectivity index (χ2n) is 4.45. The first kappa shape index (κ1) is 15.0. The average molecular weight is 310 g/mol. The van der Waals surface area contributed by atoms with Crippen LogP contribution in [0.25, 0.3) is 0 Å². The van der Waals surface area contributed by atoms with E-state index in [0.717, 1.165) is 17.2 Å². The summed E-state index contributed by atoms with van der Waals surface area (Å²) in [5.41, 5.74) is 0.763. The van der Waals surface area contributed by atoms with Gasteiger partial charge in [-0.2, -0.15) is 0 Å². The lowest BCUT2D eigenvalue weighted by Gasteiger charge is -2.11. The molecule has 108 valence electrons. The van der Waals surface area contributed by atoms with Crippen molar-refractivity contribution < 1.29 is 9.53 Å². The minimum Gasteiger partial charge on any atom is -0.466 e. The highest BCUT2D eigenvalue weighted by atomic mass is 32.1. The zero-order valence-electron chi connectivity index (χ0n) is 11.6. The van der Waals surface area contributed by atoms with E-state index in [1.54, 1.807) is 18.3 Å². The Morgan fingerprint density at radius 1 is 1.50 bits per heavy atom. The fourth-order valence-electron chi connectivity index (χ4n) is 1.81. The Morgan fingerprint density at radius 2 is 2.35 bits per heavy atom. The van der Waals surface area contributed by atoms with E-state index >= 15 is 0 Å². The number of thiazole rings is 1. The Balaban J connectivity index is 1.84. The summed E-state index contributed by atoms with van der Waals surface area (Å²) in [4.78, 5) is 17.1. The van der Waals surface area contributed by atoms with Gasteiger partial charge < -0.3 is 10.1 Å². The molecular weight excluding hydrogens is 292 g/mol. The van der Waals surface area contributed by atoms with Gasteiger partial charge in [0.2, 0.25) is 0 Å². The van der Waals surface area contributed by atoms with E-state index < -0.39 is 0 Å². The topological polar surface area (TPSA) is 51.2 Å². The molecule has 0 fully saturated rings. The number of thiophene rings is 1. The van der Waals surface area contributed by atoms with Crippen molar-refractivity contribution in [1.29, 1.82) is 0 Å². The van der Waals surface area contributed by atoms with E-state index in [4.69, 9.17) is 4.74 Å². The molecule has 2 rings (SSSR count). The summed E-state index contributed by atoms with van der Waals surface area (Å²) in [6, 6.07) is 4.51. The van der Waals surface area contributed by atoms with Crippen molar-refractivity contribution in [2.24, 2.45) is 0 Å². The van der Waals surface area contributed by atoms with Crippen LogP contribution in [0.3, 0.4) is 0 Å². The third-order valence-electron chi connectivity index (χ3n) is 2.64. The zero-order valence-corrected chi connectivity index (χ0v) is 13.2. The normalized spacial score (nSPS) is 12.1. The zero-order chi connectivity index (χ0) is 14.4. The Bertz CT molecular complexity index is 537. The molecule has 2 heterocycles. The largest absolute Gasteiger partial charge is 0.466 e. The molecule has 0 amide bonds. The SMILES string of the molecule is CCOC(=O)Cc1csc(NC(C)Cc2cccs2)n1. The van der Waals surface area contributed by atoms with Crippen molar-refractivity contribution in [3.63, 3.8) is 0 Å². The molecular formula is C14H18N2O2S2. The van der Waals surface area contributed by atoms with Gasteiger partial charge in [-0.1, -0.05) is 6.07 Å². The average Bonchev–Trinajstić information content (AvgIpc) is 3.02. The minimum absolute atomic E-state index is 0.226. The second-order valence-corrected chi connectivity index (χ2v) is 6.35. The standard InChI is InChI=1S/C14H18N2O2S2/c1-3-18-13(17)8-11-9-20-14(16-11)15-10(2)7-12-5-4-6-19-12/h4-6,9-10H,3,7-8H2,1-2H3,(H,15,16). The van der Waals surface area contributed by atoms with E-state index in [-0.39, 0.29) is 12.4 Å². The monoisotopic (exact) mass is 310 g/mol. The molecule has 4 nitrogen and oxygen atoms in total. The molecule has 2 aromatic heterocycles. The van der Waals surface area contributed by atoms with Crippen LogP contribution >= 0.6 is 22.7 Å². The predicted molar refractivity (Wildman–Crippen MR) is 83.6 cm³/mol. The molecule has 0 spiro atoms. The van der Waals surface area contributed by atoms with Gasteiger partial charge in [0.1, 0.15) is 0 Å². The van der Waals surface area contributed by atoms with Crippen LogP contribution in [0.2, 0.25) is 0 Å². The molecule has 0 aliphatic heterocycles. The third kappa shape index (κ3) is 4.61. The predicted octanol–water partition coefficient (Wildman–Crippen LogP) is 3.35. The summed E-state index contributed by atoms with van der Waals surface area (Å²) in [7, 11) is 0. The molecule has 0 saturated carbocycles. The number of hydrogen-bond donors (Lipinski definition) is 1. The van der Waals surface area contributed by atoms with E-state index in [1.807, 2.05) is 5.38 Å². The first-order valence-electron chi connectivity index (χ1n) is 6.56. The molecule has 6 heteroatoms. The van der Waals surface area contributed by atoms with Gasteiger partial charge in [-0.05, 0) is 25.3 Å².